The van der Waals surface area contributed by atoms with E-state index in [0.29, 0.717) is 47.0 Å². The first kappa shape index (κ1) is 43.8. The molecule has 0 bridgehead atoms. The van der Waals surface area contributed by atoms with E-state index in [4.69, 9.17) is 9.47 Å². The van der Waals surface area contributed by atoms with E-state index in [-0.39, 0.29) is 21.3 Å². The van der Waals surface area contributed by atoms with Crippen molar-refractivity contribution in [1.29, 1.82) is 0 Å². The molecule has 4 aromatic carbocycles. The van der Waals surface area contributed by atoms with Crippen LogP contribution in [0.5, 0.6) is 23.0 Å². The Morgan fingerprint density at radius 3 is 1.05 bits per heavy atom. The number of benzene rings is 4. The number of phenolic OH excluding ortho intramolecular Hbond substituents is 2. The number of hydrogen-bond donors (Lipinski definition) is 2. The first-order valence-electron chi connectivity index (χ1n) is 21.2. The number of aromatic hydroxyl groups is 2. The number of ether oxygens (including phenoxy) is 2. The van der Waals surface area contributed by atoms with E-state index >= 15 is 0 Å². The maximum absolute atomic E-state index is 14.7. The molecular formula is C48H66O6S. The summed E-state index contributed by atoms with van der Waals surface area (Å²) in [5.41, 5.74) is 2.31. The van der Waals surface area contributed by atoms with Gasteiger partial charge in [0.25, 0.3) is 0 Å². The monoisotopic (exact) mass is 770 g/mol. The molecule has 0 saturated carbocycles. The summed E-state index contributed by atoms with van der Waals surface area (Å²) in [5, 5.41) is 20.1. The summed E-state index contributed by atoms with van der Waals surface area (Å²) in [6.07, 6.45) is 24.8. The van der Waals surface area contributed by atoms with Crippen LogP contribution in [0, 0.1) is 0 Å². The lowest BCUT2D eigenvalue weighted by Gasteiger charge is -2.17. The molecule has 0 atom stereocenters. The molecule has 0 saturated heterocycles. The molecule has 2 N–H and O–H groups in total. The van der Waals surface area contributed by atoms with Crippen LogP contribution in [0.2, 0.25) is 0 Å². The number of unbranched alkanes of at least 4 members (excludes halogenated alkanes) is 18. The molecular weight excluding hydrogens is 705 g/mol. The van der Waals surface area contributed by atoms with Gasteiger partial charge in [-0.05, 0) is 84.6 Å². The maximum atomic E-state index is 14.7. The van der Waals surface area contributed by atoms with E-state index in [0.717, 1.165) is 25.7 Å². The Morgan fingerprint density at radius 2 is 0.727 bits per heavy atom. The van der Waals surface area contributed by atoms with Gasteiger partial charge < -0.3 is 19.7 Å². The standard InChI is InChI=1S/C48H66O6S/c1-3-5-7-9-11-13-15-17-19-21-35-53-43-31-33-47(45(37-43)39-23-27-41(49)28-24-39)55(51,52)48-34-32-44(38-46(48)40-25-29-42(50)30-26-40)54-36-22-20-18-16-14-12-10-8-6-4-2/h23-34,37-38,49-50H,3-22,35-36H2,1-2H3. The minimum absolute atomic E-state index is 0.101. The van der Waals surface area contributed by atoms with Crippen LogP contribution in [0.15, 0.2) is 94.7 Å². The Balaban J connectivity index is 1.47. The van der Waals surface area contributed by atoms with Gasteiger partial charge in [-0.1, -0.05) is 154 Å². The van der Waals surface area contributed by atoms with Crippen LogP contribution < -0.4 is 9.47 Å². The number of rotatable bonds is 28. The van der Waals surface area contributed by atoms with Crippen molar-refractivity contribution >= 4 is 9.84 Å². The number of hydrogen-bond acceptors (Lipinski definition) is 6. The van der Waals surface area contributed by atoms with Gasteiger partial charge in [-0.15, -0.1) is 0 Å². The van der Waals surface area contributed by atoms with Gasteiger partial charge in [0.1, 0.15) is 23.0 Å². The highest BCUT2D eigenvalue weighted by atomic mass is 32.2. The van der Waals surface area contributed by atoms with Gasteiger partial charge in [-0.25, -0.2) is 8.42 Å². The molecule has 0 aromatic heterocycles. The van der Waals surface area contributed by atoms with Gasteiger partial charge >= 0.3 is 0 Å². The van der Waals surface area contributed by atoms with E-state index in [1.54, 1.807) is 84.9 Å². The molecule has 4 aromatic rings. The maximum Gasteiger partial charge on any atom is 0.207 e. The van der Waals surface area contributed by atoms with Crippen LogP contribution >= 0.6 is 0 Å². The fourth-order valence-electron chi connectivity index (χ4n) is 7.08. The third-order valence-corrected chi connectivity index (χ3v) is 12.2. The zero-order chi connectivity index (χ0) is 39.1. The first-order chi connectivity index (χ1) is 26.8. The van der Waals surface area contributed by atoms with Crippen LogP contribution in [0.4, 0.5) is 0 Å². The molecule has 0 fully saturated rings. The van der Waals surface area contributed by atoms with Crippen molar-refractivity contribution < 1.29 is 28.1 Å². The SMILES string of the molecule is CCCCCCCCCCCCOc1ccc(S(=O)(=O)c2ccc(OCCCCCCCCCCCC)cc2-c2ccc(O)cc2)c(-c2ccc(O)cc2)c1. The Labute approximate surface area is 332 Å². The van der Waals surface area contributed by atoms with Crippen LogP contribution in [0.25, 0.3) is 22.3 Å². The lowest BCUT2D eigenvalue weighted by atomic mass is 10.0. The van der Waals surface area contributed by atoms with Crippen molar-refractivity contribution in [3.8, 4) is 45.3 Å². The third kappa shape index (κ3) is 14.9. The molecule has 0 aliphatic rings. The zero-order valence-corrected chi connectivity index (χ0v) is 34.4. The predicted molar refractivity (Wildman–Crippen MR) is 227 cm³/mol. The quantitative estimate of drug-likeness (QED) is 0.0559. The van der Waals surface area contributed by atoms with E-state index in [1.807, 2.05) is 0 Å². The molecule has 7 heteroatoms. The molecule has 0 amide bonds. The molecule has 55 heavy (non-hydrogen) atoms. The second kappa shape index (κ2) is 24.5. The zero-order valence-electron chi connectivity index (χ0n) is 33.6. The van der Waals surface area contributed by atoms with Crippen LogP contribution in [-0.4, -0.2) is 31.8 Å². The molecule has 0 aliphatic carbocycles. The Hall–Kier alpha value is -3.97. The predicted octanol–water partition coefficient (Wildman–Crippen LogP) is 13.9. The van der Waals surface area contributed by atoms with Crippen molar-refractivity contribution in [3.05, 3.63) is 84.9 Å². The van der Waals surface area contributed by atoms with Crippen molar-refractivity contribution in [3.63, 3.8) is 0 Å². The fraction of sp³-hybridized carbons (Fsp3) is 0.500. The summed E-state index contributed by atoms with van der Waals surface area (Å²) >= 11 is 0. The van der Waals surface area contributed by atoms with E-state index < -0.39 is 9.84 Å². The molecule has 6 nitrogen and oxygen atoms in total. The summed E-state index contributed by atoms with van der Waals surface area (Å²) in [7, 11) is -4.08. The highest BCUT2D eigenvalue weighted by Crippen LogP contribution is 2.40. The molecule has 0 heterocycles. The Kier molecular flexibility index (Phi) is 19.5. The summed E-state index contributed by atoms with van der Waals surface area (Å²) in [6.45, 7) is 5.61. The smallest absolute Gasteiger partial charge is 0.207 e. The van der Waals surface area contributed by atoms with Crippen LogP contribution in [0.1, 0.15) is 142 Å². The second-order valence-corrected chi connectivity index (χ2v) is 16.9. The van der Waals surface area contributed by atoms with E-state index in [2.05, 4.69) is 13.8 Å². The van der Waals surface area contributed by atoms with Gasteiger partial charge in [0, 0.05) is 11.1 Å². The van der Waals surface area contributed by atoms with Gasteiger partial charge in [0.05, 0.1) is 23.0 Å². The first-order valence-corrected chi connectivity index (χ1v) is 22.7. The van der Waals surface area contributed by atoms with Crippen molar-refractivity contribution in [2.45, 2.75) is 152 Å². The topological polar surface area (TPSA) is 93.1 Å². The van der Waals surface area contributed by atoms with Crippen molar-refractivity contribution in [2.24, 2.45) is 0 Å². The minimum Gasteiger partial charge on any atom is -0.508 e. The summed E-state index contributed by atoms with van der Waals surface area (Å²) < 4.78 is 41.8. The van der Waals surface area contributed by atoms with Crippen LogP contribution in [0.3, 0.4) is 0 Å². The van der Waals surface area contributed by atoms with Crippen LogP contribution in [-0.2, 0) is 9.84 Å². The normalized spacial score (nSPS) is 11.5. The van der Waals surface area contributed by atoms with E-state index in [9.17, 15) is 18.6 Å². The number of sulfone groups is 1. The van der Waals surface area contributed by atoms with E-state index in [1.165, 1.54) is 103 Å². The average Bonchev–Trinajstić information content (AvgIpc) is 3.19. The molecule has 0 spiro atoms. The molecule has 0 unspecified atom stereocenters. The summed E-state index contributed by atoms with van der Waals surface area (Å²) in [5.74, 6) is 1.41. The minimum atomic E-state index is -4.08. The third-order valence-electron chi connectivity index (χ3n) is 10.4. The highest BCUT2D eigenvalue weighted by molar-refractivity contribution is 7.91. The largest absolute Gasteiger partial charge is 0.508 e. The van der Waals surface area contributed by atoms with Gasteiger partial charge in [-0.3, -0.25) is 0 Å². The molecule has 300 valence electrons. The van der Waals surface area contributed by atoms with Crippen molar-refractivity contribution in [2.75, 3.05) is 13.2 Å². The fourth-order valence-corrected chi connectivity index (χ4v) is 8.74. The Bertz CT molecular complexity index is 1640. The molecule has 4 rings (SSSR count). The average molecular weight is 771 g/mol. The summed E-state index contributed by atoms with van der Waals surface area (Å²) in [4.78, 5) is 0.284. The molecule has 0 aliphatic heterocycles. The summed E-state index contributed by atoms with van der Waals surface area (Å²) in [6, 6.07) is 23.4. The number of phenols is 2. The molecule has 0 radical (unpaired) electrons. The highest BCUT2D eigenvalue weighted by Gasteiger charge is 2.27. The lowest BCUT2D eigenvalue weighted by molar-refractivity contribution is 0.304. The lowest BCUT2D eigenvalue weighted by Crippen LogP contribution is -2.07. The van der Waals surface area contributed by atoms with Crippen molar-refractivity contribution in [1.82, 2.24) is 0 Å². The second-order valence-electron chi connectivity index (χ2n) is 15.0. The van der Waals surface area contributed by atoms with Gasteiger partial charge in [-0.2, -0.15) is 0 Å². The van der Waals surface area contributed by atoms with Gasteiger partial charge in [0.15, 0.2) is 0 Å². The van der Waals surface area contributed by atoms with Gasteiger partial charge in [0.2, 0.25) is 9.84 Å². The Morgan fingerprint density at radius 1 is 0.418 bits per heavy atom.